The molecule has 0 aliphatic carbocycles. The molecule has 0 saturated heterocycles. The molecule has 82 valence electrons. The van der Waals surface area contributed by atoms with E-state index in [0.29, 0.717) is 0 Å². The van der Waals surface area contributed by atoms with E-state index < -0.39 is 0 Å². The molecule has 0 aliphatic rings. The standard InChI is InChI=1S/C13H15N3/c1-2-3-7-16-12-5-4-10-9-15-8-6-11(10)13(12)14/h2,4-6,8-9,16H,1,3,7,14H2. The van der Waals surface area contributed by atoms with Gasteiger partial charge >= 0.3 is 0 Å². The maximum atomic E-state index is 6.09. The molecule has 1 heterocycles. The third-order valence-electron chi connectivity index (χ3n) is 2.53. The van der Waals surface area contributed by atoms with Crippen LogP contribution in [-0.2, 0) is 0 Å². The highest BCUT2D eigenvalue weighted by Crippen LogP contribution is 2.27. The molecule has 0 fully saturated rings. The Morgan fingerprint density at radius 3 is 3.06 bits per heavy atom. The number of rotatable bonds is 4. The predicted octanol–water partition coefficient (Wildman–Crippen LogP) is 2.81. The van der Waals surface area contributed by atoms with Crippen LogP contribution in [0.1, 0.15) is 6.42 Å². The molecule has 2 rings (SSSR count). The molecule has 0 saturated carbocycles. The lowest BCUT2D eigenvalue weighted by Gasteiger charge is -2.10. The van der Waals surface area contributed by atoms with Crippen molar-refractivity contribution in [1.29, 1.82) is 0 Å². The summed E-state index contributed by atoms with van der Waals surface area (Å²) in [6.45, 7) is 4.54. The van der Waals surface area contributed by atoms with E-state index in [1.807, 2.05) is 30.5 Å². The van der Waals surface area contributed by atoms with Crippen LogP contribution >= 0.6 is 0 Å². The molecule has 0 atom stereocenters. The van der Waals surface area contributed by atoms with Gasteiger partial charge in [-0.15, -0.1) is 6.58 Å². The lowest BCUT2D eigenvalue weighted by Crippen LogP contribution is -2.03. The van der Waals surface area contributed by atoms with Crippen LogP contribution in [0.25, 0.3) is 10.8 Å². The smallest absolute Gasteiger partial charge is 0.0630 e. The van der Waals surface area contributed by atoms with Gasteiger partial charge < -0.3 is 11.1 Å². The summed E-state index contributed by atoms with van der Waals surface area (Å²) in [7, 11) is 0. The van der Waals surface area contributed by atoms with E-state index >= 15 is 0 Å². The molecule has 0 unspecified atom stereocenters. The summed E-state index contributed by atoms with van der Waals surface area (Å²) in [4.78, 5) is 4.07. The second-order valence-electron chi connectivity index (χ2n) is 3.63. The number of nitrogens with zero attached hydrogens (tertiary/aromatic N) is 1. The van der Waals surface area contributed by atoms with Gasteiger partial charge in [0.2, 0.25) is 0 Å². The minimum Gasteiger partial charge on any atom is -0.397 e. The van der Waals surface area contributed by atoms with Gasteiger partial charge in [-0.05, 0) is 18.6 Å². The molecule has 1 aromatic heterocycles. The minimum absolute atomic E-state index is 0.781. The fourth-order valence-corrected chi connectivity index (χ4v) is 1.66. The lowest BCUT2D eigenvalue weighted by atomic mass is 10.1. The second kappa shape index (κ2) is 4.66. The molecule has 16 heavy (non-hydrogen) atoms. The first kappa shape index (κ1) is 10.5. The van der Waals surface area contributed by atoms with Crippen LogP contribution in [0, 0.1) is 0 Å². The van der Waals surface area contributed by atoms with Crippen molar-refractivity contribution in [2.24, 2.45) is 0 Å². The number of hydrogen-bond acceptors (Lipinski definition) is 3. The van der Waals surface area contributed by atoms with Gasteiger partial charge in [-0.3, -0.25) is 4.98 Å². The van der Waals surface area contributed by atoms with Crippen LogP contribution < -0.4 is 11.1 Å². The van der Waals surface area contributed by atoms with E-state index in [4.69, 9.17) is 5.73 Å². The SMILES string of the molecule is C=CCCNc1ccc2cnccc2c1N. The van der Waals surface area contributed by atoms with Crippen LogP contribution in [-0.4, -0.2) is 11.5 Å². The number of hydrogen-bond donors (Lipinski definition) is 2. The largest absolute Gasteiger partial charge is 0.397 e. The van der Waals surface area contributed by atoms with Gasteiger partial charge in [0.1, 0.15) is 0 Å². The summed E-state index contributed by atoms with van der Waals surface area (Å²) < 4.78 is 0. The normalized spacial score (nSPS) is 10.2. The van der Waals surface area contributed by atoms with Crippen LogP contribution in [0.15, 0.2) is 43.2 Å². The summed E-state index contributed by atoms with van der Waals surface area (Å²) in [6.07, 6.45) is 6.38. The zero-order valence-corrected chi connectivity index (χ0v) is 9.11. The summed E-state index contributed by atoms with van der Waals surface area (Å²) in [6, 6.07) is 5.95. The van der Waals surface area contributed by atoms with Gasteiger partial charge in [0.25, 0.3) is 0 Å². The van der Waals surface area contributed by atoms with Crippen molar-refractivity contribution >= 4 is 22.1 Å². The third-order valence-corrected chi connectivity index (χ3v) is 2.53. The number of aromatic nitrogens is 1. The average Bonchev–Trinajstić information content (AvgIpc) is 2.33. The van der Waals surface area contributed by atoms with Crippen molar-refractivity contribution < 1.29 is 0 Å². The van der Waals surface area contributed by atoms with Gasteiger partial charge in [-0.2, -0.15) is 0 Å². The molecular formula is C13H15N3. The Kier molecular flexibility index (Phi) is 3.05. The highest BCUT2D eigenvalue weighted by molar-refractivity contribution is 5.98. The Hall–Kier alpha value is -2.03. The highest BCUT2D eigenvalue weighted by Gasteiger charge is 2.02. The molecule has 3 N–H and O–H groups in total. The first-order valence-electron chi connectivity index (χ1n) is 5.30. The maximum absolute atomic E-state index is 6.09. The monoisotopic (exact) mass is 213 g/mol. The van der Waals surface area contributed by atoms with E-state index in [0.717, 1.165) is 35.1 Å². The maximum Gasteiger partial charge on any atom is 0.0630 e. The number of fused-ring (bicyclic) bond motifs is 1. The van der Waals surface area contributed by atoms with Gasteiger partial charge in [-0.25, -0.2) is 0 Å². The lowest BCUT2D eigenvalue weighted by molar-refractivity contribution is 1.07. The van der Waals surface area contributed by atoms with Crippen LogP contribution in [0.5, 0.6) is 0 Å². The summed E-state index contributed by atoms with van der Waals surface area (Å²) in [5.41, 5.74) is 7.84. The molecule has 3 heteroatoms. The molecule has 0 spiro atoms. The number of benzene rings is 1. The number of anilines is 2. The van der Waals surface area contributed by atoms with E-state index in [1.54, 1.807) is 6.20 Å². The fraction of sp³-hybridized carbons (Fsp3) is 0.154. The number of nitrogens with one attached hydrogen (secondary N) is 1. The van der Waals surface area contributed by atoms with E-state index in [-0.39, 0.29) is 0 Å². The Balaban J connectivity index is 2.33. The second-order valence-corrected chi connectivity index (χ2v) is 3.63. The topological polar surface area (TPSA) is 50.9 Å². The zero-order chi connectivity index (χ0) is 11.4. The Labute approximate surface area is 95.0 Å². The van der Waals surface area contributed by atoms with Gasteiger partial charge in [-0.1, -0.05) is 12.1 Å². The third kappa shape index (κ3) is 1.98. The van der Waals surface area contributed by atoms with Crippen molar-refractivity contribution in [3.8, 4) is 0 Å². The van der Waals surface area contributed by atoms with Crippen LogP contribution in [0.4, 0.5) is 11.4 Å². The molecule has 1 aromatic carbocycles. The number of pyridine rings is 1. The number of nitrogen functional groups attached to an aromatic ring is 1. The summed E-state index contributed by atoms with van der Waals surface area (Å²) >= 11 is 0. The van der Waals surface area contributed by atoms with Crippen LogP contribution in [0.2, 0.25) is 0 Å². The first-order chi connectivity index (χ1) is 7.83. The van der Waals surface area contributed by atoms with E-state index in [2.05, 4.69) is 16.9 Å². The average molecular weight is 213 g/mol. The van der Waals surface area contributed by atoms with E-state index in [9.17, 15) is 0 Å². The Morgan fingerprint density at radius 1 is 1.38 bits per heavy atom. The summed E-state index contributed by atoms with van der Waals surface area (Å²) in [5.74, 6) is 0. The van der Waals surface area contributed by atoms with Gasteiger partial charge in [0.15, 0.2) is 0 Å². The minimum atomic E-state index is 0.781. The molecule has 3 nitrogen and oxygen atoms in total. The predicted molar refractivity (Wildman–Crippen MR) is 69.5 cm³/mol. The molecular weight excluding hydrogens is 198 g/mol. The highest BCUT2D eigenvalue weighted by atomic mass is 14.9. The van der Waals surface area contributed by atoms with Crippen molar-refractivity contribution in [1.82, 2.24) is 4.98 Å². The molecule has 0 aliphatic heterocycles. The zero-order valence-electron chi connectivity index (χ0n) is 9.11. The molecule has 0 amide bonds. The van der Waals surface area contributed by atoms with Crippen LogP contribution in [0.3, 0.4) is 0 Å². The van der Waals surface area contributed by atoms with E-state index in [1.165, 1.54) is 0 Å². The Morgan fingerprint density at radius 2 is 2.25 bits per heavy atom. The number of nitrogens with two attached hydrogens (primary N) is 1. The molecule has 2 aromatic rings. The van der Waals surface area contributed by atoms with Crippen molar-refractivity contribution in [3.63, 3.8) is 0 Å². The van der Waals surface area contributed by atoms with Gasteiger partial charge in [0, 0.05) is 29.7 Å². The molecule has 0 radical (unpaired) electrons. The van der Waals surface area contributed by atoms with Crippen molar-refractivity contribution in [2.45, 2.75) is 6.42 Å². The van der Waals surface area contributed by atoms with Crippen molar-refractivity contribution in [2.75, 3.05) is 17.6 Å². The van der Waals surface area contributed by atoms with Crippen molar-refractivity contribution in [3.05, 3.63) is 43.2 Å². The Bertz CT molecular complexity index is 506. The first-order valence-corrected chi connectivity index (χ1v) is 5.30. The summed E-state index contributed by atoms with van der Waals surface area (Å²) in [5, 5.41) is 5.39. The molecule has 0 bridgehead atoms. The van der Waals surface area contributed by atoms with Gasteiger partial charge in [0.05, 0.1) is 11.4 Å². The fourth-order valence-electron chi connectivity index (χ4n) is 1.66. The quantitative estimate of drug-likeness (QED) is 0.466.